The quantitative estimate of drug-likeness (QED) is 0.805. The van der Waals surface area contributed by atoms with Gasteiger partial charge in [-0.3, -0.25) is 14.2 Å². The third-order valence-electron chi connectivity index (χ3n) is 4.63. The van der Waals surface area contributed by atoms with Crippen LogP contribution in [0.5, 0.6) is 0 Å². The van der Waals surface area contributed by atoms with E-state index in [1.165, 1.54) is 17.7 Å². The number of carbonyl (C=O) groups excluding carboxylic acids is 1. The Labute approximate surface area is 152 Å². The van der Waals surface area contributed by atoms with E-state index in [0.717, 1.165) is 17.0 Å². The predicted molar refractivity (Wildman–Crippen MR) is 100 cm³/mol. The Morgan fingerprint density at radius 3 is 2.31 bits per heavy atom. The summed E-state index contributed by atoms with van der Waals surface area (Å²) in [6.07, 6.45) is 4.01. The number of sulfonamides is 1. The van der Waals surface area contributed by atoms with Crippen molar-refractivity contribution in [3.8, 4) is 5.69 Å². The van der Waals surface area contributed by atoms with Gasteiger partial charge in [-0.05, 0) is 43.2 Å². The van der Waals surface area contributed by atoms with E-state index < -0.39 is 16.1 Å². The average Bonchev–Trinajstić information content (AvgIpc) is 2.61. The molecule has 1 saturated heterocycles. The maximum atomic E-state index is 12.8. The summed E-state index contributed by atoms with van der Waals surface area (Å²) in [4.78, 5) is 26.3. The first-order chi connectivity index (χ1) is 12.3. The standard InChI is InChI=1S/C18H21N3O4S/c1-19(26(2,24)25)16-6-5-13-21(18(16)23)15-10-8-14(9-11-15)20-12-4-3-7-17(20)22/h3-4,7-12,16H,5-6,13H2,1-2H3. The van der Waals surface area contributed by atoms with Gasteiger partial charge in [0.25, 0.3) is 5.56 Å². The number of rotatable bonds is 4. The molecule has 1 unspecified atom stereocenters. The Bertz CT molecular complexity index is 966. The lowest BCUT2D eigenvalue weighted by Gasteiger charge is -2.35. The highest BCUT2D eigenvalue weighted by molar-refractivity contribution is 7.88. The molecule has 2 aromatic rings. The summed E-state index contributed by atoms with van der Waals surface area (Å²) in [6, 6.07) is 11.3. The molecule has 1 amide bonds. The van der Waals surface area contributed by atoms with E-state index in [0.29, 0.717) is 24.3 Å². The smallest absolute Gasteiger partial charge is 0.255 e. The Hall–Kier alpha value is -2.45. The molecule has 1 aliphatic rings. The number of pyridine rings is 1. The summed E-state index contributed by atoms with van der Waals surface area (Å²) < 4.78 is 26.2. The van der Waals surface area contributed by atoms with Crippen LogP contribution in [0.2, 0.25) is 0 Å². The molecule has 8 heteroatoms. The highest BCUT2D eigenvalue weighted by atomic mass is 32.2. The van der Waals surface area contributed by atoms with Gasteiger partial charge in [0, 0.05) is 37.2 Å². The van der Waals surface area contributed by atoms with Gasteiger partial charge in [-0.2, -0.15) is 4.31 Å². The van der Waals surface area contributed by atoms with Crippen LogP contribution in [0.3, 0.4) is 0 Å². The van der Waals surface area contributed by atoms with Crippen molar-refractivity contribution in [1.29, 1.82) is 0 Å². The molecule has 1 aliphatic heterocycles. The molecule has 0 N–H and O–H groups in total. The zero-order valence-corrected chi connectivity index (χ0v) is 15.5. The molecular weight excluding hydrogens is 354 g/mol. The van der Waals surface area contributed by atoms with Crippen LogP contribution in [-0.4, -0.2) is 49.1 Å². The van der Waals surface area contributed by atoms with Gasteiger partial charge >= 0.3 is 0 Å². The third kappa shape index (κ3) is 3.56. The van der Waals surface area contributed by atoms with Gasteiger partial charge in [-0.15, -0.1) is 0 Å². The molecule has 1 atom stereocenters. The number of carbonyl (C=O) groups is 1. The fourth-order valence-corrected chi connectivity index (χ4v) is 3.77. The minimum absolute atomic E-state index is 0.135. The average molecular weight is 375 g/mol. The zero-order valence-electron chi connectivity index (χ0n) is 14.7. The molecule has 0 saturated carbocycles. The van der Waals surface area contributed by atoms with Crippen molar-refractivity contribution < 1.29 is 13.2 Å². The minimum atomic E-state index is -3.44. The lowest BCUT2D eigenvalue weighted by atomic mass is 10.0. The number of likely N-dealkylation sites (N-methyl/N-ethyl adjacent to an activating group) is 1. The molecule has 1 fully saturated rings. The van der Waals surface area contributed by atoms with E-state index in [1.54, 1.807) is 47.5 Å². The van der Waals surface area contributed by atoms with Crippen molar-refractivity contribution >= 4 is 21.6 Å². The topological polar surface area (TPSA) is 79.7 Å². The maximum Gasteiger partial charge on any atom is 0.255 e. The Morgan fingerprint density at radius 1 is 1.04 bits per heavy atom. The molecule has 1 aromatic heterocycles. The number of hydrogen-bond donors (Lipinski definition) is 0. The van der Waals surface area contributed by atoms with Crippen LogP contribution >= 0.6 is 0 Å². The first kappa shape index (κ1) is 18.3. The van der Waals surface area contributed by atoms with Crippen LogP contribution in [0.1, 0.15) is 12.8 Å². The van der Waals surface area contributed by atoms with Crippen molar-refractivity contribution in [2.75, 3.05) is 24.7 Å². The summed E-state index contributed by atoms with van der Waals surface area (Å²) in [5.41, 5.74) is 1.26. The molecule has 2 heterocycles. The molecule has 0 aliphatic carbocycles. The van der Waals surface area contributed by atoms with Gasteiger partial charge in [0.15, 0.2) is 0 Å². The number of benzene rings is 1. The summed E-state index contributed by atoms with van der Waals surface area (Å²) in [5.74, 6) is -0.228. The number of hydrogen-bond acceptors (Lipinski definition) is 4. The summed E-state index contributed by atoms with van der Waals surface area (Å²) >= 11 is 0. The lowest BCUT2D eigenvalue weighted by Crippen LogP contribution is -2.52. The fourth-order valence-electron chi connectivity index (χ4n) is 3.11. The highest BCUT2D eigenvalue weighted by Crippen LogP contribution is 2.25. The number of piperidine rings is 1. The van der Waals surface area contributed by atoms with Crippen molar-refractivity contribution in [1.82, 2.24) is 8.87 Å². The predicted octanol–water partition coefficient (Wildman–Crippen LogP) is 1.22. The summed E-state index contributed by atoms with van der Waals surface area (Å²) in [5, 5.41) is 0. The number of nitrogens with zero attached hydrogens (tertiary/aromatic N) is 3. The van der Waals surface area contributed by atoms with Crippen LogP contribution < -0.4 is 10.5 Å². The van der Waals surface area contributed by atoms with E-state index >= 15 is 0 Å². The maximum absolute atomic E-state index is 12.8. The minimum Gasteiger partial charge on any atom is -0.311 e. The fraction of sp³-hybridized carbons (Fsp3) is 0.333. The Kier molecular flexibility index (Phi) is 4.97. The highest BCUT2D eigenvalue weighted by Gasteiger charge is 2.35. The number of amides is 1. The normalized spacial score (nSPS) is 18.3. The third-order valence-corrected chi connectivity index (χ3v) is 5.94. The van der Waals surface area contributed by atoms with Gasteiger partial charge < -0.3 is 4.90 Å². The summed E-state index contributed by atoms with van der Waals surface area (Å²) in [7, 11) is -2.00. The Balaban J connectivity index is 1.86. The zero-order chi connectivity index (χ0) is 18.9. The largest absolute Gasteiger partial charge is 0.311 e. The Morgan fingerprint density at radius 2 is 1.69 bits per heavy atom. The van der Waals surface area contributed by atoms with Gasteiger partial charge in [0.05, 0.1) is 6.26 Å². The van der Waals surface area contributed by atoms with E-state index in [2.05, 4.69) is 0 Å². The number of aromatic nitrogens is 1. The monoisotopic (exact) mass is 375 g/mol. The first-order valence-electron chi connectivity index (χ1n) is 8.31. The second-order valence-corrected chi connectivity index (χ2v) is 8.39. The molecule has 3 rings (SSSR count). The van der Waals surface area contributed by atoms with Gasteiger partial charge in [0.1, 0.15) is 6.04 Å². The first-order valence-corrected chi connectivity index (χ1v) is 10.2. The molecule has 138 valence electrons. The van der Waals surface area contributed by atoms with Crippen molar-refractivity contribution in [3.05, 3.63) is 59.0 Å². The van der Waals surface area contributed by atoms with E-state index in [9.17, 15) is 18.0 Å². The summed E-state index contributed by atoms with van der Waals surface area (Å²) in [6.45, 7) is 0.539. The second kappa shape index (κ2) is 7.05. The molecule has 0 spiro atoms. The van der Waals surface area contributed by atoms with Crippen molar-refractivity contribution in [3.63, 3.8) is 0 Å². The van der Waals surface area contributed by atoms with Crippen LogP contribution in [-0.2, 0) is 14.8 Å². The van der Waals surface area contributed by atoms with Crippen LogP contribution in [0.15, 0.2) is 53.5 Å². The SMILES string of the molecule is CN(C1CCCN(c2ccc(-n3ccccc3=O)cc2)C1=O)S(C)(=O)=O. The van der Waals surface area contributed by atoms with E-state index in [-0.39, 0.29) is 11.5 Å². The van der Waals surface area contributed by atoms with Gasteiger partial charge in [-0.1, -0.05) is 6.07 Å². The molecule has 0 bridgehead atoms. The van der Waals surface area contributed by atoms with Crippen molar-refractivity contribution in [2.24, 2.45) is 0 Å². The number of anilines is 1. The van der Waals surface area contributed by atoms with Gasteiger partial charge in [-0.25, -0.2) is 8.42 Å². The van der Waals surface area contributed by atoms with E-state index in [1.807, 2.05) is 0 Å². The van der Waals surface area contributed by atoms with Crippen molar-refractivity contribution in [2.45, 2.75) is 18.9 Å². The molecular formula is C18H21N3O4S. The second-order valence-electron chi connectivity index (χ2n) is 6.35. The lowest BCUT2D eigenvalue weighted by molar-refractivity contribution is -0.123. The molecule has 0 radical (unpaired) electrons. The molecule has 26 heavy (non-hydrogen) atoms. The molecule has 1 aromatic carbocycles. The van der Waals surface area contributed by atoms with Crippen LogP contribution in [0.25, 0.3) is 5.69 Å². The van der Waals surface area contributed by atoms with Crippen LogP contribution in [0.4, 0.5) is 5.69 Å². The van der Waals surface area contributed by atoms with E-state index in [4.69, 9.17) is 0 Å². The molecule has 7 nitrogen and oxygen atoms in total. The van der Waals surface area contributed by atoms with Gasteiger partial charge in [0.2, 0.25) is 15.9 Å². The van der Waals surface area contributed by atoms with Crippen LogP contribution in [0, 0.1) is 0 Å².